The van der Waals surface area contributed by atoms with Gasteiger partial charge in [0.2, 0.25) is 5.91 Å². The van der Waals surface area contributed by atoms with E-state index in [1.807, 2.05) is 0 Å². The molecule has 0 bridgehead atoms. The lowest BCUT2D eigenvalue weighted by molar-refractivity contribution is -0.384. The largest absolute Gasteiger partial charge is 0.458 e. The maximum atomic E-state index is 12.7. The summed E-state index contributed by atoms with van der Waals surface area (Å²) in [5.74, 6) is -0.222. The van der Waals surface area contributed by atoms with Crippen LogP contribution in [0.4, 0.5) is 5.69 Å². The van der Waals surface area contributed by atoms with Crippen molar-refractivity contribution < 1.29 is 19.2 Å². The summed E-state index contributed by atoms with van der Waals surface area (Å²) in [4.78, 5) is 41.8. The Hall–Kier alpha value is -2.94. The smallest absolute Gasteiger partial charge is 0.338 e. The maximum Gasteiger partial charge on any atom is 0.338 e. The number of aliphatic imine (C=N–C) groups is 1. The number of amides is 1. The number of rotatable bonds is 5. The van der Waals surface area contributed by atoms with Gasteiger partial charge in [0, 0.05) is 24.3 Å². The van der Waals surface area contributed by atoms with Crippen molar-refractivity contribution in [1.82, 2.24) is 4.90 Å². The quantitative estimate of drug-likeness (QED) is 0.333. The van der Waals surface area contributed by atoms with Crippen molar-refractivity contribution >= 4 is 34.5 Å². The molecule has 1 aromatic rings. The molecule has 2 aliphatic rings. The van der Waals surface area contributed by atoms with Crippen molar-refractivity contribution in [2.24, 2.45) is 4.99 Å². The Balaban J connectivity index is 2.15. The number of hydrogen-bond donors (Lipinski definition) is 0. The van der Waals surface area contributed by atoms with E-state index in [1.54, 1.807) is 13.0 Å². The Bertz CT molecular complexity index is 893. The number of fused-ring (bicyclic) bond motifs is 1. The molecule has 0 unspecified atom stereocenters. The second-order valence-electron chi connectivity index (χ2n) is 5.90. The molecule has 9 heteroatoms. The number of nitro benzene ring substituents is 1. The van der Waals surface area contributed by atoms with Crippen LogP contribution >= 0.6 is 11.8 Å². The monoisotopic (exact) mass is 387 g/mol. The Morgan fingerprint density at radius 1 is 1.56 bits per heavy atom. The van der Waals surface area contributed by atoms with E-state index in [0.29, 0.717) is 28.6 Å². The highest BCUT2D eigenvalue weighted by molar-refractivity contribution is 8.14. The van der Waals surface area contributed by atoms with Crippen LogP contribution in [0.2, 0.25) is 0 Å². The first kappa shape index (κ1) is 18.8. The van der Waals surface area contributed by atoms with Crippen molar-refractivity contribution in [2.45, 2.75) is 19.4 Å². The van der Waals surface area contributed by atoms with Crippen molar-refractivity contribution in [1.29, 1.82) is 0 Å². The number of nitro groups is 1. The molecule has 27 heavy (non-hydrogen) atoms. The zero-order valence-electron chi connectivity index (χ0n) is 14.6. The van der Waals surface area contributed by atoms with Crippen LogP contribution in [0.5, 0.6) is 0 Å². The van der Waals surface area contributed by atoms with Gasteiger partial charge in [-0.05, 0) is 12.5 Å². The lowest BCUT2D eigenvalue weighted by Crippen LogP contribution is -2.45. The van der Waals surface area contributed by atoms with E-state index in [-0.39, 0.29) is 23.8 Å². The summed E-state index contributed by atoms with van der Waals surface area (Å²) >= 11 is 1.41. The number of amidine groups is 1. The fraction of sp³-hybridized carbons (Fsp3) is 0.278. The third kappa shape index (κ3) is 3.63. The molecule has 0 spiro atoms. The highest BCUT2D eigenvalue weighted by Gasteiger charge is 2.42. The standard InChI is InChI=1S/C18H17N3O5S/c1-3-8-26-17(23)15-11(2)19-18-20(14(22)7-9-27-18)16(15)12-5-4-6-13(10-12)21(24)25/h3-6,10,16H,1,7-9H2,2H3/t16-/m0/s1. The highest BCUT2D eigenvalue weighted by atomic mass is 32.2. The molecule has 0 aliphatic carbocycles. The first-order valence-electron chi connectivity index (χ1n) is 8.20. The molecule has 1 atom stereocenters. The molecule has 3 rings (SSSR count). The number of nitrogens with zero attached hydrogens (tertiary/aromatic N) is 3. The summed E-state index contributed by atoms with van der Waals surface area (Å²) in [7, 11) is 0. The van der Waals surface area contributed by atoms with Gasteiger partial charge in [-0.15, -0.1) is 0 Å². The molecule has 140 valence electrons. The fourth-order valence-corrected chi connectivity index (χ4v) is 4.00. The van der Waals surface area contributed by atoms with E-state index in [4.69, 9.17) is 4.74 Å². The van der Waals surface area contributed by atoms with E-state index in [0.717, 1.165) is 0 Å². The first-order chi connectivity index (χ1) is 12.9. The number of hydrogen-bond acceptors (Lipinski definition) is 7. The molecule has 1 amide bonds. The van der Waals surface area contributed by atoms with Crippen LogP contribution in [0.1, 0.15) is 24.9 Å². The zero-order valence-corrected chi connectivity index (χ0v) is 15.4. The molecule has 1 saturated heterocycles. The van der Waals surface area contributed by atoms with E-state index in [1.165, 1.54) is 40.9 Å². The third-order valence-corrected chi connectivity index (χ3v) is 5.11. The maximum absolute atomic E-state index is 12.7. The second-order valence-corrected chi connectivity index (χ2v) is 6.96. The summed E-state index contributed by atoms with van der Waals surface area (Å²) in [6, 6.07) is 5.09. The van der Waals surface area contributed by atoms with Crippen molar-refractivity contribution in [3.8, 4) is 0 Å². The molecular weight excluding hydrogens is 370 g/mol. The topological polar surface area (TPSA) is 102 Å². The van der Waals surface area contributed by atoms with Gasteiger partial charge in [0.15, 0.2) is 5.17 Å². The minimum atomic E-state index is -0.824. The molecular formula is C18H17N3O5S. The summed E-state index contributed by atoms with van der Waals surface area (Å²) < 4.78 is 5.18. The van der Waals surface area contributed by atoms with Crippen LogP contribution < -0.4 is 0 Å². The molecule has 2 heterocycles. The molecule has 8 nitrogen and oxygen atoms in total. The van der Waals surface area contributed by atoms with Crippen LogP contribution in [0.3, 0.4) is 0 Å². The average Bonchev–Trinajstić information content (AvgIpc) is 2.65. The van der Waals surface area contributed by atoms with Crippen LogP contribution in [0.25, 0.3) is 0 Å². The number of carbonyl (C=O) groups excluding carboxylic acids is 2. The Kier molecular flexibility index (Phi) is 5.41. The molecule has 0 radical (unpaired) electrons. The number of thioether (sulfide) groups is 1. The van der Waals surface area contributed by atoms with Gasteiger partial charge in [0.1, 0.15) is 6.61 Å². The summed E-state index contributed by atoms with van der Waals surface area (Å²) in [5, 5.41) is 11.7. The predicted octanol–water partition coefficient (Wildman–Crippen LogP) is 2.97. The predicted molar refractivity (Wildman–Crippen MR) is 101 cm³/mol. The lowest BCUT2D eigenvalue weighted by Gasteiger charge is -2.38. The number of benzene rings is 1. The second kappa shape index (κ2) is 7.75. The van der Waals surface area contributed by atoms with Gasteiger partial charge in [0.05, 0.1) is 22.2 Å². The van der Waals surface area contributed by atoms with Gasteiger partial charge in [-0.2, -0.15) is 0 Å². The van der Waals surface area contributed by atoms with Crippen molar-refractivity contribution in [2.75, 3.05) is 12.4 Å². The first-order valence-corrected chi connectivity index (χ1v) is 9.19. The van der Waals surface area contributed by atoms with E-state index in [2.05, 4.69) is 11.6 Å². The minimum Gasteiger partial charge on any atom is -0.458 e. The summed E-state index contributed by atoms with van der Waals surface area (Å²) in [5.41, 5.74) is 0.952. The molecule has 0 aromatic heterocycles. The van der Waals surface area contributed by atoms with Crippen LogP contribution in [0.15, 0.2) is 53.2 Å². The number of ether oxygens (including phenoxy) is 1. The van der Waals surface area contributed by atoms with Crippen LogP contribution in [-0.2, 0) is 14.3 Å². The number of non-ortho nitro benzene ring substituents is 1. The van der Waals surface area contributed by atoms with Gasteiger partial charge in [0.25, 0.3) is 5.69 Å². The van der Waals surface area contributed by atoms with Gasteiger partial charge in [-0.1, -0.05) is 36.5 Å². The van der Waals surface area contributed by atoms with Crippen molar-refractivity contribution in [3.63, 3.8) is 0 Å². The van der Waals surface area contributed by atoms with Gasteiger partial charge >= 0.3 is 5.97 Å². The zero-order chi connectivity index (χ0) is 19.6. The Morgan fingerprint density at radius 2 is 2.33 bits per heavy atom. The molecule has 1 aromatic carbocycles. The van der Waals surface area contributed by atoms with Gasteiger partial charge in [-0.3, -0.25) is 19.8 Å². The van der Waals surface area contributed by atoms with E-state index < -0.39 is 16.9 Å². The number of esters is 1. The van der Waals surface area contributed by atoms with E-state index >= 15 is 0 Å². The third-order valence-electron chi connectivity index (χ3n) is 4.16. The van der Waals surface area contributed by atoms with Crippen molar-refractivity contribution in [3.05, 3.63) is 63.9 Å². The highest BCUT2D eigenvalue weighted by Crippen LogP contribution is 2.41. The Morgan fingerprint density at radius 3 is 3.04 bits per heavy atom. The van der Waals surface area contributed by atoms with E-state index in [9.17, 15) is 19.7 Å². The Labute approximate surface area is 159 Å². The fourth-order valence-electron chi connectivity index (χ4n) is 2.99. The van der Waals surface area contributed by atoms with Crippen LogP contribution in [0, 0.1) is 10.1 Å². The normalized spacial score (nSPS) is 19.3. The molecule has 0 N–H and O–H groups in total. The molecule has 0 saturated carbocycles. The SMILES string of the molecule is C=CCOC(=O)C1=C(C)N=C2SCCC(=O)N2[C@H]1c1cccc([N+](=O)[O-])c1. The van der Waals surface area contributed by atoms with Gasteiger partial charge in [-0.25, -0.2) is 9.79 Å². The minimum absolute atomic E-state index is 0.0105. The average molecular weight is 387 g/mol. The lowest BCUT2D eigenvalue weighted by atomic mass is 9.94. The summed E-state index contributed by atoms with van der Waals surface area (Å²) in [6.45, 7) is 5.19. The molecule has 1 fully saturated rings. The number of allylic oxidation sites excluding steroid dienone is 1. The van der Waals surface area contributed by atoms with Gasteiger partial charge < -0.3 is 4.74 Å². The van der Waals surface area contributed by atoms with Crippen LogP contribution in [-0.4, -0.2) is 39.2 Å². The summed E-state index contributed by atoms with van der Waals surface area (Å²) in [6.07, 6.45) is 1.73. The number of carbonyl (C=O) groups is 2. The molecule has 2 aliphatic heterocycles.